The smallest absolute Gasteiger partial charge is 0.296 e. The standard InChI is InChI=1S/C6H12N2O4/c1-2-3-4-5-6(11-7-9)12-8-10/h6H,2-5H2,1H3. The molecular formula is C6H12N2O4. The van der Waals surface area contributed by atoms with Crippen LogP contribution >= 0.6 is 0 Å². The Bertz CT molecular complexity index is 121. The van der Waals surface area contributed by atoms with Crippen LogP contribution in [0.1, 0.15) is 32.6 Å². The van der Waals surface area contributed by atoms with Crippen LogP contribution < -0.4 is 0 Å². The van der Waals surface area contributed by atoms with E-state index in [9.17, 15) is 9.81 Å². The van der Waals surface area contributed by atoms with Crippen molar-refractivity contribution in [2.24, 2.45) is 10.7 Å². The average Bonchev–Trinajstić information content (AvgIpc) is 2.06. The van der Waals surface area contributed by atoms with Gasteiger partial charge in [0.05, 0.1) is 0 Å². The lowest BCUT2D eigenvalue weighted by Crippen LogP contribution is -2.10. The highest BCUT2D eigenvalue weighted by Crippen LogP contribution is 2.08. The topological polar surface area (TPSA) is 77.3 Å². The Balaban J connectivity index is 3.47. The summed E-state index contributed by atoms with van der Waals surface area (Å²) >= 11 is 0. The van der Waals surface area contributed by atoms with Crippen molar-refractivity contribution >= 4 is 0 Å². The maximum Gasteiger partial charge on any atom is 0.296 e. The average molecular weight is 176 g/mol. The Morgan fingerprint density at radius 2 is 1.75 bits per heavy atom. The second-order valence-electron chi connectivity index (χ2n) is 2.29. The van der Waals surface area contributed by atoms with Crippen molar-refractivity contribution < 1.29 is 9.68 Å². The Morgan fingerprint density at radius 1 is 1.17 bits per heavy atom. The van der Waals surface area contributed by atoms with Gasteiger partial charge in [0.1, 0.15) is 0 Å². The van der Waals surface area contributed by atoms with Crippen molar-refractivity contribution in [3.8, 4) is 0 Å². The van der Waals surface area contributed by atoms with E-state index in [0.29, 0.717) is 6.42 Å². The largest absolute Gasteiger partial charge is 0.316 e. The number of unbranched alkanes of at least 4 members (excludes halogenated alkanes) is 2. The molecule has 0 radical (unpaired) electrons. The van der Waals surface area contributed by atoms with Crippen LogP contribution in [0, 0.1) is 9.81 Å². The van der Waals surface area contributed by atoms with Gasteiger partial charge >= 0.3 is 0 Å². The van der Waals surface area contributed by atoms with Crippen molar-refractivity contribution in [2.45, 2.75) is 38.9 Å². The summed E-state index contributed by atoms with van der Waals surface area (Å²) in [6.07, 6.45) is 2.36. The molecule has 0 spiro atoms. The van der Waals surface area contributed by atoms with Crippen LogP contribution in [-0.2, 0) is 9.68 Å². The second-order valence-corrected chi connectivity index (χ2v) is 2.29. The highest BCUT2D eigenvalue weighted by molar-refractivity contribution is 4.44. The first-order chi connectivity index (χ1) is 5.85. The van der Waals surface area contributed by atoms with E-state index < -0.39 is 6.29 Å². The molecule has 12 heavy (non-hydrogen) atoms. The van der Waals surface area contributed by atoms with Gasteiger partial charge in [-0.2, -0.15) is 0 Å². The predicted molar refractivity (Wildman–Crippen MR) is 41.7 cm³/mol. The number of nitrogens with zero attached hydrogens (tertiary/aromatic N) is 2. The third kappa shape index (κ3) is 5.57. The highest BCUT2D eigenvalue weighted by atomic mass is 16.9. The molecule has 0 aliphatic carbocycles. The lowest BCUT2D eigenvalue weighted by molar-refractivity contribution is -0.149. The minimum atomic E-state index is -0.924. The van der Waals surface area contributed by atoms with Crippen molar-refractivity contribution in [1.29, 1.82) is 0 Å². The van der Waals surface area contributed by atoms with E-state index >= 15 is 0 Å². The van der Waals surface area contributed by atoms with E-state index in [1.165, 1.54) is 0 Å². The van der Waals surface area contributed by atoms with Gasteiger partial charge in [0.15, 0.2) is 10.7 Å². The fourth-order valence-corrected chi connectivity index (χ4v) is 0.782. The Kier molecular flexibility index (Phi) is 7.11. The van der Waals surface area contributed by atoms with Crippen molar-refractivity contribution in [2.75, 3.05) is 0 Å². The zero-order valence-corrected chi connectivity index (χ0v) is 6.93. The zero-order valence-electron chi connectivity index (χ0n) is 6.93. The first kappa shape index (κ1) is 10.8. The number of hydrogen-bond donors (Lipinski definition) is 0. The third-order valence-electron chi connectivity index (χ3n) is 1.36. The second kappa shape index (κ2) is 7.90. The molecule has 6 heteroatoms. The summed E-state index contributed by atoms with van der Waals surface area (Å²) in [5, 5.41) is 4.32. The van der Waals surface area contributed by atoms with Gasteiger partial charge in [0.25, 0.3) is 6.29 Å². The van der Waals surface area contributed by atoms with E-state index in [1.807, 2.05) is 6.92 Å². The molecule has 0 aliphatic heterocycles. The predicted octanol–water partition coefficient (Wildman–Crippen LogP) is 2.29. The van der Waals surface area contributed by atoms with Crippen LogP contribution in [-0.4, -0.2) is 6.29 Å². The molecule has 0 aliphatic rings. The molecule has 0 aromatic rings. The minimum Gasteiger partial charge on any atom is -0.316 e. The lowest BCUT2D eigenvalue weighted by atomic mass is 10.2. The van der Waals surface area contributed by atoms with Crippen LogP contribution in [0.5, 0.6) is 0 Å². The molecule has 0 bridgehead atoms. The van der Waals surface area contributed by atoms with Crippen LogP contribution in [0.15, 0.2) is 10.7 Å². The molecule has 0 fully saturated rings. The van der Waals surface area contributed by atoms with E-state index in [4.69, 9.17) is 0 Å². The lowest BCUT2D eigenvalue weighted by Gasteiger charge is -2.07. The van der Waals surface area contributed by atoms with E-state index in [1.54, 1.807) is 0 Å². The molecule has 0 N–H and O–H groups in total. The SMILES string of the molecule is CCCCCC(ON=O)ON=O. The van der Waals surface area contributed by atoms with E-state index in [2.05, 4.69) is 20.4 Å². The maximum atomic E-state index is 9.63. The summed E-state index contributed by atoms with van der Waals surface area (Å²) in [5.74, 6) is 0. The summed E-state index contributed by atoms with van der Waals surface area (Å²) in [4.78, 5) is 27.6. The summed E-state index contributed by atoms with van der Waals surface area (Å²) in [5.41, 5.74) is 0. The van der Waals surface area contributed by atoms with E-state index in [0.717, 1.165) is 19.3 Å². The quantitative estimate of drug-likeness (QED) is 0.246. The van der Waals surface area contributed by atoms with Crippen LogP contribution in [0.2, 0.25) is 0 Å². The summed E-state index contributed by atoms with van der Waals surface area (Å²) < 4.78 is 0. The number of rotatable bonds is 8. The fourth-order valence-electron chi connectivity index (χ4n) is 0.782. The van der Waals surface area contributed by atoms with E-state index in [-0.39, 0.29) is 0 Å². The first-order valence-corrected chi connectivity index (χ1v) is 3.82. The minimum absolute atomic E-state index is 0.450. The molecular weight excluding hydrogens is 164 g/mol. The molecule has 0 saturated heterocycles. The molecule has 0 atom stereocenters. The molecule has 0 unspecified atom stereocenters. The van der Waals surface area contributed by atoms with Gasteiger partial charge in [-0.05, 0) is 6.42 Å². The Morgan fingerprint density at radius 3 is 2.17 bits per heavy atom. The molecule has 0 rings (SSSR count). The Hall–Kier alpha value is -1.20. The van der Waals surface area contributed by atoms with Gasteiger partial charge in [-0.25, -0.2) is 0 Å². The van der Waals surface area contributed by atoms with Crippen molar-refractivity contribution in [1.82, 2.24) is 0 Å². The molecule has 0 aromatic heterocycles. The highest BCUT2D eigenvalue weighted by Gasteiger charge is 2.10. The Labute approximate surface area is 70.1 Å². The first-order valence-electron chi connectivity index (χ1n) is 3.82. The van der Waals surface area contributed by atoms with Crippen molar-refractivity contribution in [3.05, 3.63) is 9.81 Å². The summed E-state index contributed by atoms with van der Waals surface area (Å²) in [7, 11) is 0. The zero-order chi connectivity index (χ0) is 9.23. The van der Waals surface area contributed by atoms with Gasteiger partial charge < -0.3 is 9.68 Å². The normalized spacial score (nSPS) is 9.50. The molecule has 0 amide bonds. The molecule has 0 heterocycles. The van der Waals surface area contributed by atoms with Crippen LogP contribution in [0.25, 0.3) is 0 Å². The molecule has 70 valence electrons. The van der Waals surface area contributed by atoms with Crippen LogP contribution in [0.4, 0.5) is 0 Å². The van der Waals surface area contributed by atoms with Gasteiger partial charge in [-0.15, -0.1) is 9.81 Å². The summed E-state index contributed by atoms with van der Waals surface area (Å²) in [6.45, 7) is 2.03. The molecule has 0 aromatic carbocycles. The number of hydrogen-bond acceptors (Lipinski definition) is 6. The summed E-state index contributed by atoms with van der Waals surface area (Å²) in [6, 6.07) is 0. The third-order valence-corrected chi connectivity index (χ3v) is 1.36. The monoisotopic (exact) mass is 176 g/mol. The molecule has 0 saturated carbocycles. The van der Waals surface area contributed by atoms with Gasteiger partial charge in [0.2, 0.25) is 0 Å². The fraction of sp³-hybridized carbons (Fsp3) is 1.00. The van der Waals surface area contributed by atoms with Gasteiger partial charge in [0, 0.05) is 6.42 Å². The van der Waals surface area contributed by atoms with Gasteiger partial charge in [-0.1, -0.05) is 19.8 Å². The van der Waals surface area contributed by atoms with Crippen LogP contribution in [0.3, 0.4) is 0 Å². The van der Waals surface area contributed by atoms with Gasteiger partial charge in [-0.3, -0.25) is 0 Å². The maximum absolute atomic E-state index is 9.63. The van der Waals surface area contributed by atoms with Crippen molar-refractivity contribution in [3.63, 3.8) is 0 Å². The molecule has 6 nitrogen and oxygen atoms in total.